The van der Waals surface area contributed by atoms with E-state index in [1.54, 1.807) is 24.7 Å². The van der Waals surface area contributed by atoms with Crippen LogP contribution >= 0.6 is 0 Å². The third kappa shape index (κ3) is 1.14. The predicted octanol–water partition coefficient (Wildman–Crippen LogP) is 1.18. The average Bonchev–Trinajstić information content (AvgIpc) is 2.56. The molecule has 0 bridgehead atoms. The average molecular weight is 161 g/mol. The van der Waals surface area contributed by atoms with Gasteiger partial charge < -0.3 is 5.11 Å². The van der Waals surface area contributed by atoms with Gasteiger partial charge in [0.1, 0.15) is 5.75 Å². The number of hydrogen-bond donors (Lipinski definition) is 2. The maximum atomic E-state index is 9.12. The number of hydrogen-bond acceptors (Lipinski definition) is 3. The molecule has 0 spiro atoms. The Balaban J connectivity index is 2.48. The normalized spacial score (nSPS) is 10.0. The quantitative estimate of drug-likeness (QED) is 0.660. The van der Waals surface area contributed by atoms with E-state index >= 15 is 0 Å². The summed E-state index contributed by atoms with van der Waals surface area (Å²) in [6, 6.07) is 1.64. The van der Waals surface area contributed by atoms with E-state index in [2.05, 4.69) is 15.2 Å². The smallest absolute Gasteiger partial charge is 0.134 e. The minimum Gasteiger partial charge on any atom is -0.506 e. The van der Waals surface area contributed by atoms with Gasteiger partial charge >= 0.3 is 0 Å². The van der Waals surface area contributed by atoms with Crippen molar-refractivity contribution in [3.63, 3.8) is 0 Å². The molecule has 60 valence electrons. The molecule has 0 unspecified atom stereocenters. The van der Waals surface area contributed by atoms with Crippen LogP contribution < -0.4 is 0 Å². The Morgan fingerprint density at radius 3 is 2.75 bits per heavy atom. The van der Waals surface area contributed by atoms with Crippen LogP contribution in [0.25, 0.3) is 11.1 Å². The number of rotatable bonds is 1. The van der Waals surface area contributed by atoms with Gasteiger partial charge in [-0.3, -0.25) is 10.1 Å². The highest BCUT2D eigenvalue weighted by Gasteiger charge is 1.98. The number of H-pyrrole nitrogens is 1. The van der Waals surface area contributed by atoms with E-state index in [0.717, 1.165) is 11.1 Å². The summed E-state index contributed by atoms with van der Waals surface area (Å²) in [6.45, 7) is 0. The Bertz CT molecular complexity index is 370. The molecule has 0 saturated carbocycles. The van der Waals surface area contributed by atoms with Gasteiger partial charge in [0, 0.05) is 23.5 Å². The van der Waals surface area contributed by atoms with Crippen molar-refractivity contribution in [2.75, 3.05) is 0 Å². The Labute approximate surface area is 68.9 Å². The summed E-state index contributed by atoms with van der Waals surface area (Å²) < 4.78 is 0. The topological polar surface area (TPSA) is 61.8 Å². The van der Waals surface area contributed by atoms with Gasteiger partial charge in [-0.05, 0) is 6.07 Å². The lowest BCUT2D eigenvalue weighted by Crippen LogP contribution is -1.76. The Morgan fingerprint density at radius 1 is 1.17 bits per heavy atom. The molecule has 4 nitrogen and oxygen atoms in total. The fraction of sp³-hybridized carbons (Fsp3) is 0. The molecule has 0 saturated heterocycles. The van der Waals surface area contributed by atoms with Crippen molar-refractivity contribution < 1.29 is 5.11 Å². The predicted molar refractivity (Wildman–Crippen MR) is 43.5 cm³/mol. The first-order valence-electron chi connectivity index (χ1n) is 3.49. The van der Waals surface area contributed by atoms with Gasteiger partial charge in [0.05, 0.1) is 12.4 Å². The lowest BCUT2D eigenvalue weighted by Gasteiger charge is -1.95. The van der Waals surface area contributed by atoms with E-state index in [1.807, 2.05) is 0 Å². The van der Waals surface area contributed by atoms with Crippen LogP contribution in [0.1, 0.15) is 0 Å². The highest BCUT2D eigenvalue weighted by molar-refractivity contribution is 5.61. The summed E-state index contributed by atoms with van der Waals surface area (Å²) in [5, 5.41) is 15.6. The van der Waals surface area contributed by atoms with Crippen molar-refractivity contribution in [1.82, 2.24) is 15.2 Å². The van der Waals surface area contributed by atoms with E-state index in [9.17, 15) is 0 Å². The molecular formula is C8H7N3O. The third-order valence-electron chi connectivity index (χ3n) is 1.56. The van der Waals surface area contributed by atoms with Crippen molar-refractivity contribution >= 4 is 0 Å². The first-order valence-corrected chi connectivity index (χ1v) is 3.49. The van der Waals surface area contributed by atoms with Crippen LogP contribution in [0.15, 0.2) is 30.9 Å². The molecule has 2 aromatic rings. The molecule has 2 rings (SSSR count). The second-order valence-electron chi connectivity index (χ2n) is 2.42. The Hall–Kier alpha value is -1.84. The summed E-state index contributed by atoms with van der Waals surface area (Å²) >= 11 is 0. The maximum absolute atomic E-state index is 9.12. The SMILES string of the molecule is Oc1cncc(-c2cn[nH]c2)c1. The summed E-state index contributed by atoms with van der Waals surface area (Å²) in [6.07, 6.45) is 6.49. The third-order valence-corrected chi connectivity index (χ3v) is 1.56. The van der Waals surface area contributed by atoms with Crippen molar-refractivity contribution in [2.24, 2.45) is 0 Å². The number of nitrogens with zero attached hydrogens (tertiary/aromatic N) is 2. The van der Waals surface area contributed by atoms with Gasteiger partial charge in [0.15, 0.2) is 0 Å². The molecule has 0 aliphatic carbocycles. The lowest BCUT2D eigenvalue weighted by molar-refractivity contribution is 0.473. The summed E-state index contributed by atoms with van der Waals surface area (Å²) in [4.78, 5) is 3.85. The molecule has 2 heterocycles. The monoisotopic (exact) mass is 161 g/mol. The molecular weight excluding hydrogens is 154 g/mol. The summed E-state index contributed by atoms with van der Waals surface area (Å²) in [7, 11) is 0. The molecule has 0 aromatic carbocycles. The number of aromatic amines is 1. The Kier molecular flexibility index (Phi) is 1.51. The molecule has 12 heavy (non-hydrogen) atoms. The van der Waals surface area contributed by atoms with Crippen molar-refractivity contribution in [3.05, 3.63) is 30.9 Å². The largest absolute Gasteiger partial charge is 0.506 e. The number of nitrogens with one attached hydrogen (secondary N) is 1. The van der Waals surface area contributed by atoms with Crippen LogP contribution in [0.2, 0.25) is 0 Å². The van der Waals surface area contributed by atoms with E-state index in [4.69, 9.17) is 5.11 Å². The zero-order valence-corrected chi connectivity index (χ0v) is 6.23. The van der Waals surface area contributed by atoms with E-state index in [1.165, 1.54) is 6.20 Å². The van der Waals surface area contributed by atoms with Crippen LogP contribution in [0, 0.1) is 0 Å². The maximum Gasteiger partial charge on any atom is 0.134 e. The first-order chi connectivity index (χ1) is 5.86. The highest BCUT2D eigenvalue weighted by atomic mass is 16.3. The zero-order valence-electron chi connectivity index (χ0n) is 6.23. The molecule has 2 aromatic heterocycles. The van der Waals surface area contributed by atoms with Crippen molar-refractivity contribution in [1.29, 1.82) is 0 Å². The summed E-state index contributed by atoms with van der Waals surface area (Å²) in [5.41, 5.74) is 1.77. The van der Waals surface area contributed by atoms with E-state index in [0.29, 0.717) is 0 Å². The molecule has 0 atom stereocenters. The molecule has 0 amide bonds. The van der Waals surface area contributed by atoms with Gasteiger partial charge in [-0.15, -0.1) is 0 Å². The van der Waals surface area contributed by atoms with Crippen LogP contribution in [0.3, 0.4) is 0 Å². The van der Waals surface area contributed by atoms with Gasteiger partial charge in [-0.25, -0.2) is 0 Å². The van der Waals surface area contributed by atoms with Gasteiger partial charge in [-0.2, -0.15) is 5.10 Å². The molecule has 0 fully saturated rings. The highest BCUT2D eigenvalue weighted by Crippen LogP contribution is 2.19. The second-order valence-corrected chi connectivity index (χ2v) is 2.42. The fourth-order valence-corrected chi connectivity index (χ4v) is 0.994. The minimum absolute atomic E-state index is 0.161. The molecule has 2 N–H and O–H groups in total. The second kappa shape index (κ2) is 2.65. The van der Waals surface area contributed by atoms with E-state index < -0.39 is 0 Å². The summed E-state index contributed by atoms with van der Waals surface area (Å²) in [5.74, 6) is 0.161. The van der Waals surface area contributed by atoms with Crippen LogP contribution in [-0.4, -0.2) is 20.3 Å². The molecule has 0 aliphatic rings. The number of aromatic hydroxyl groups is 1. The van der Waals surface area contributed by atoms with Gasteiger partial charge in [-0.1, -0.05) is 0 Å². The zero-order chi connectivity index (χ0) is 8.39. The van der Waals surface area contributed by atoms with Gasteiger partial charge in [0.25, 0.3) is 0 Å². The van der Waals surface area contributed by atoms with Crippen molar-refractivity contribution in [3.8, 4) is 16.9 Å². The fourth-order valence-electron chi connectivity index (χ4n) is 0.994. The lowest BCUT2D eigenvalue weighted by atomic mass is 10.2. The first kappa shape index (κ1) is 6.84. The molecule has 0 radical (unpaired) electrons. The van der Waals surface area contributed by atoms with Gasteiger partial charge in [0.2, 0.25) is 0 Å². The van der Waals surface area contributed by atoms with Crippen LogP contribution in [0.5, 0.6) is 5.75 Å². The van der Waals surface area contributed by atoms with Crippen LogP contribution in [0.4, 0.5) is 0 Å². The molecule has 0 aliphatic heterocycles. The number of aromatic nitrogens is 3. The van der Waals surface area contributed by atoms with E-state index in [-0.39, 0.29) is 5.75 Å². The van der Waals surface area contributed by atoms with Crippen molar-refractivity contribution in [2.45, 2.75) is 0 Å². The number of pyridine rings is 1. The Morgan fingerprint density at radius 2 is 2.08 bits per heavy atom. The minimum atomic E-state index is 0.161. The molecule has 4 heteroatoms. The van der Waals surface area contributed by atoms with Crippen LogP contribution in [-0.2, 0) is 0 Å². The standard InChI is InChI=1S/C8H7N3O/c12-8-1-6(2-9-5-8)7-3-10-11-4-7/h1-5,12H,(H,10,11).